The lowest BCUT2D eigenvalue weighted by Gasteiger charge is -2.11. The molecule has 0 amide bonds. The molecule has 0 spiro atoms. The van der Waals surface area contributed by atoms with E-state index in [4.69, 9.17) is 17.3 Å². The van der Waals surface area contributed by atoms with E-state index in [1.807, 2.05) is 0 Å². The summed E-state index contributed by atoms with van der Waals surface area (Å²) in [6.07, 6.45) is -1.71. The second kappa shape index (κ2) is 4.93. The molecule has 0 aliphatic carbocycles. The van der Waals surface area contributed by atoms with Gasteiger partial charge in [0.25, 0.3) is 0 Å². The molecule has 1 heterocycles. The zero-order valence-corrected chi connectivity index (χ0v) is 10.1. The van der Waals surface area contributed by atoms with E-state index in [1.165, 1.54) is 18.5 Å². The third-order valence-corrected chi connectivity index (χ3v) is 2.53. The average molecular weight is 289 g/mol. The topological polar surface area (TPSA) is 63.8 Å². The van der Waals surface area contributed by atoms with Crippen LogP contribution in [0.4, 0.5) is 30.5 Å². The van der Waals surface area contributed by atoms with Gasteiger partial charge in [-0.15, -0.1) is 0 Å². The number of aromatic nitrogens is 2. The first-order valence-electron chi connectivity index (χ1n) is 5.07. The van der Waals surface area contributed by atoms with Gasteiger partial charge in [0.1, 0.15) is 5.82 Å². The molecule has 0 aliphatic heterocycles. The molecule has 0 unspecified atom stereocenters. The number of nitrogens with one attached hydrogen (secondary N) is 1. The van der Waals surface area contributed by atoms with Gasteiger partial charge >= 0.3 is 6.18 Å². The molecular weight excluding hydrogens is 281 g/mol. The highest BCUT2D eigenvalue weighted by atomic mass is 35.5. The summed E-state index contributed by atoms with van der Waals surface area (Å²) in [6, 6.07) is 2.98. The van der Waals surface area contributed by atoms with Crippen molar-refractivity contribution in [2.75, 3.05) is 11.1 Å². The van der Waals surface area contributed by atoms with Gasteiger partial charge in [-0.1, -0.05) is 11.6 Å². The highest BCUT2D eigenvalue weighted by molar-refractivity contribution is 6.33. The zero-order valence-electron chi connectivity index (χ0n) is 9.37. The van der Waals surface area contributed by atoms with Crippen LogP contribution in [-0.4, -0.2) is 9.97 Å². The predicted molar refractivity (Wildman–Crippen MR) is 66.2 cm³/mol. The summed E-state index contributed by atoms with van der Waals surface area (Å²) in [5, 5.41) is 2.67. The lowest BCUT2D eigenvalue weighted by atomic mass is 10.2. The molecule has 8 heteroatoms. The lowest BCUT2D eigenvalue weighted by molar-refractivity contribution is -0.137. The van der Waals surface area contributed by atoms with Crippen LogP contribution in [0.5, 0.6) is 0 Å². The van der Waals surface area contributed by atoms with E-state index in [0.717, 1.165) is 12.1 Å². The minimum atomic E-state index is -4.43. The maximum atomic E-state index is 12.5. The second-order valence-electron chi connectivity index (χ2n) is 3.65. The summed E-state index contributed by atoms with van der Waals surface area (Å²) in [6.45, 7) is 0. The van der Waals surface area contributed by atoms with Crippen molar-refractivity contribution in [3.05, 3.63) is 41.2 Å². The zero-order chi connectivity index (χ0) is 14.0. The monoisotopic (exact) mass is 288 g/mol. The van der Waals surface area contributed by atoms with Crippen LogP contribution in [0.25, 0.3) is 0 Å². The first-order chi connectivity index (χ1) is 8.86. The average Bonchev–Trinajstić information content (AvgIpc) is 2.30. The summed E-state index contributed by atoms with van der Waals surface area (Å²) in [7, 11) is 0. The molecule has 0 aliphatic rings. The van der Waals surface area contributed by atoms with Crippen molar-refractivity contribution in [3.63, 3.8) is 0 Å². The lowest BCUT2D eigenvalue weighted by Crippen LogP contribution is -2.05. The highest BCUT2D eigenvalue weighted by Gasteiger charge is 2.30. The molecule has 3 N–H and O–H groups in total. The Morgan fingerprint density at radius 1 is 1.21 bits per heavy atom. The first kappa shape index (κ1) is 13.4. The van der Waals surface area contributed by atoms with Crippen LogP contribution in [0.3, 0.4) is 0 Å². The van der Waals surface area contributed by atoms with Crippen molar-refractivity contribution in [2.45, 2.75) is 6.18 Å². The van der Waals surface area contributed by atoms with E-state index < -0.39 is 11.7 Å². The van der Waals surface area contributed by atoms with Gasteiger partial charge in [0, 0.05) is 0 Å². The number of rotatable bonds is 2. The molecule has 0 atom stereocenters. The van der Waals surface area contributed by atoms with Crippen LogP contribution in [0.15, 0.2) is 30.6 Å². The van der Waals surface area contributed by atoms with Crippen molar-refractivity contribution in [1.82, 2.24) is 9.97 Å². The van der Waals surface area contributed by atoms with Gasteiger partial charge in [0.05, 0.1) is 28.7 Å². The molecule has 4 nitrogen and oxygen atoms in total. The fraction of sp³-hybridized carbons (Fsp3) is 0.0909. The van der Waals surface area contributed by atoms with E-state index in [0.29, 0.717) is 5.82 Å². The van der Waals surface area contributed by atoms with Crippen molar-refractivity contribution in [3.8, 4) is 0 Å². The van der Waals surface area contributed by atoms with Crippen LogP contribution in [0.1, 0.15) is 5.56 Å². The van der Waals surface area contributed by atoms with Gasteiger partial charge in [-0.2, -0.15) is 13.2 Å². The molecule has 1 aromatic carbocycles. The SMILES string of the molecule is Nc1cncc(Nc2ccc(C(F)(F)F)cc2Cl)n1. The number of hydrogen-bond acceptors (Lipinski definition) is 4. The molecular formula is C11H8ClF3N4. The van der Waals surface area contributed by atoms with Crippen molar-refractivity contribution in [1.29, 1.82) is 0 Å². The van der Waals surface area contributed by atoms with Gasteiger partial charge in [-0.25, -0.2) is 4.98 Å². The quantitative estimate of drug-likeness (QED) is 0.888. The van der Waals surface area contributed by atoms with Crippen LogP contribution < -0.4 is 11.1 Å². The molecule has 0 bridgehead atoms. The molecule has 2 rings (SSSR count). The van der Waals surface area contributed by atoms with Crippen molar-refractivity contribution >= 4 is 28.9 Å². The highest BCUT2D eigenvalue weighted by Crippen LogP contribution is 2.34. The fourth-order valence-corrected chi connectivity index (χ4v) is 1.60. The summed E-state index contributed by atoms with van der Waals surface area (Å²) >= 11 is 5.78. The maximum Gasteiger partial charge on any atom is 0.416 e. The summed E-state index contributed by atoms with van der Waals surface area (Å²) in [4.78, 5) is 7.70. The largest absolute Gasteiger partial charge is 0.416 e. The molecule has 0 saturated carbocycles. The molecule has 1 aromatic heterocycles. The van der Waals surface area contributed by atoms with E-state index >= 15 is 0 Å². The Balaban J connectivity index is 2.27. The number of nitrogen functional groups attached to an aromatic ring is 1. The van der Waals surface area contributed by atoms with E-state index in [2.05, 4.69) is 15.3 Å². The van der Waals surface area contributed by atoms with Gasteiger partial charge in [0.2, 0.25) is 0 Å². The Morgan fingerprint density at radius 3 is 2.53 bits per heavy atom. The number of benzene rings is 1. The van der Waals surface area contributed by atoms with E-state index in [9.17, 15) is 13.2 Å². The van der Waals surface area contributed by atoms with Crippen molar-refractivity contribution in [2.24, 2.45) is 0 Å². The van der Waals surface area contributed by atoms with Crippen molar-refractivity contribution < 1.29 is 13.2 Å². The number of nitrogens with two attached hydrogens (primary N) is 1. The summed E-state index contributed by atoms with van der Waals surface area (Å²) in [5.74, 6) is 0.481. The minimum Gasteiger partial charge on any atom is -0.382 e. The number of hydrogen-bond donors (Lipinski definition) is 2. The first-order valence-corrected chi connectivity index (χ1v) is 5.45. The third kappa shape index (κ3) is 3.25. The fourth-order valence-electron chi connectivity index (χ4n) is 1.37. The Hall–Kier alpha value is -2.02. The molecule has 100 valence electrons. The Labute approximate surface area is 111 Å². The molecule has 19 heavy (non-hydrogen) atoms. The van der Waals surface area contributed by atoms with Crippen LogP contribution in [0.2, 0.25) is 5.02 Å². The number of anilines is 3. The predicted octanol–water partition coefficient (Wildman–Crippen LogP) is 3.47. The Morgan fingerprint density at radius 2 is 1.95 bits per heavy atom. The molecule has 0 fully saturated rings. The van der Waals surface area contributed by atoms with Crippen LogP contribution >= 0.6 is 11.6 Å². The van der Waals surface area contributed by atoms with E-state index in [-0.39, 0.29) is 16.5 Å². The minimum absolute atomic E-state index is 0.0703. The normalized spacial score (nSPS) is 11.4. The molecule has 0 radical (unpaired) electrons. The Kier molecular flexibility index (Phi) is 3.48. The number of nitrogens with zero attached hydrogens (tertiary/aromatic N) is 2. The van der Waals surface area contributed by atoms with Crippen LogP contribution in [0, 0.1) is 0 Å². The maximum absolute atomic E-state index is 12.5. The summed E-state index contributed by atoms with van der Waals surface area (Å²) < 4.78 is 37.4. The van der Waals surface area contributed by atoms with Crippen LogP contribution in [-0.2, 0) is 6.18 Å². The number of halogens is 4. The number of alkyl halides is 3. The molecule has 0 saturated heterocycles. The van der Waals surface area contributed by atoms with Gasteiger partial charge < -0.3 is 11.1 Å². The van der Waals surface area contributed by atoms with Gasteiger partial charge in [-0.3, -0.25) is 4.98 Å². The smallest absolute Gasteiger partial charge is 0.382 e. The van der Waals surface area contributed by atoms with Gasteiger partial charge in [-0.05, 0) is 18.2 Å². The van der Waals surface area contributed by atoms with Gasteiger partial charge in [0.15, 0.2) is 5.82 Å². The Bertz CT molecular complexity index is 601. The second-order valence-corrected chi connectivity index (χ2v) is 4.05. The standard InChI is InChI=1S/C11H8ClF3N4/c12-7-3-6(11(13,14)15)1-2-8(7)18-10-5-17-4-9(16)19-10/h1-5H,(H3,16,18,19). The van der Waals surface area contributed by atoms with E-state index in [1.54, 1.807) is 0 Å². The third-order valence-electron chi connectivity index (χ3n) is 2.21. The molecule has 2 aromatic rings. The summed E-state index contributed by atoms with van der Waals surface area (Å²) in [5.41, 5.74) is 4.90.